The molecule has 0 aliphatic carbocycles. The van der Waals surface area contributed by atoms with Crippen molar-refractivity contribution in [3.05, 3.63) is 29.1 Å². The highest BCUT2D eigenvalue weighted by Gasteiger charge is 2.12. The van der Waals surface area contributed by atoms with Gasteiger partial charge in [-0.3, -0.25) is 0 Å². The largest absolute Gasteiger partial charge is 0.478 e. The highest BCUT2D eigenvalue weighted by Crippen LogP contribution is 2.17. The summed E-state index contributed by atoms with van der Waals surface area (Å²) in [7, 11) is 0. The zero-order valence-corrected chi connectivity index (χ0v) is 6.47. The zero-order valence-electron chi connectivity index (χ0n) is 6.47. The minimum absolute atomic E-state index is 0.132. The average molecular weight is 169 g/mol. The zero-order chi connectivity index (χ0) is 9.30. The van der Waals surface area contributed by atoms with Gasteiger partial charge < -0.3 is 10.8 Å². The van der Waals surface area contributed by atoms with Crippen molar-refractivity contribution in [2.45, 2.75) is 6.92 Å². The van der Waals surface area contributed by atoms with Crippen LogP contribution in [0, 0.1) is 12.7 Å². The molecule has 1 aromatic carbocycles. The van der Waals surface area contributed by atoms with Crippen LogP contribution in [0.15, 0.2) is 12.1 Å². The lowest BCUT2D eigenvalue weighted by atomic mass is 10.1. The minimum Gasteiger partial charge on any atom is -0.478 e. The summed E-state index contributed by atoms with van der Waals surface area (Å²) < 4.78 is 12.9. The summed E-state index contributed by atoms with van der Waals surface area (Å²) >= 11 is 0. The fraction of sp³-hybridized carbons (Fsp3) is 0.125. The second-order valence-electron chi connectivity index (χ2n) is 2.52. The molecule has 1 rings (SSSR count). The number of aromatic carboxylic acids is 1. The van der Waals surface area contributed by atoms with Crippen LogP contribution in [-0.4, -0.2) is 11.1 Å². The van der Waals surface area contributed by atoms with Gasteiger partial charge in [0.15, 0.2) is 5.82 Å². The first kappa shape index (κ1) is 8.52. The Hall–Kier alpha value is -1.58. The number of hydrogen-bond donors (Lipinski definition) is 2. The second kappa shape index (κ2) is 2.81. The summed E-state index contributed by atoms with van der Waals surface area (Å²) in [6.07, 6.45) is 0. The Morgan fingerprint density at radius 3 is 2.67 bits per heavy atom. The molecular formula is C8H8FNO2. The van der Waals surface area contributed by atoms with Crippen molar-refractivity contribution in [3.8, 4) is 0 Å². The van der Waals surface area contributed by atoms with Crippen molar-refractivity contribution in [2.24, 2.45) is 0 Å². The molecule has 0 aromatic heterocycles. The molecule has 0 aliphatic heterocycles. The van der Waals surface area contributed by atoms with E-state index in [1.54, 1.807) is 6.92 Å². The van der Waals surface area contributed by atoms with Gasteiger partial charge in [0, 0.05) is 0 Å². The maximum absolute atomic E-state index is 12.9. The summed E-state index contributed by atoms with van der Waals surface area (Å²) in [5.41, 5.74) is 5.34. The van der Waals surface area contributed by atoms with Crippen molar-refractivity contribution < 1.29 is 14.3 Å². The first-order valence-electron chi connectivity index (χ1n) is 3.31. The Kier molecular flexibility index (Phi) is 1.99. The first-order chi connectivity index (χ1) is 5.52. The number of nitrogens with two attached hydrogens (primary N) is 1. The van der Waals surface area contributed by atoms with E-state index in [4.69, 9.17) is 10.8 Å². The van der Waals surface area contributed by atoms with Gasteiger partial charge in [-0.15, -0.1) is 0 Å². The van der Waals surface area contributed by atoms with Gasteiger partial charge in [-0.25, -0.2) is 9.18 Å². The van der Waals surface area contributed by atoms with Crippen LogP contribution in [0.4, 0.5) is 10.1 Å². The van der Waals surface area contributed by atoms with E-state index in [1.165, 1.54) is 12.1 Å². The van der Waals surface area contributed by atoms with E-state index in [2.05, 4.69) is 0 Å². The summed E-state index contributed by atoms with van der Waals surface area (Å²) in [4.78, 5) is 10.4. The Balaban J connectivity index is 3.37. The van der Waals surface area contributed by atoms with Gasteiger partial charge in [0.05, 0.1) is 11.3 Å². The third-order valence-electron chi connectivity index (χ3n) is 1.48. The van der Waals surface area contributed by atoms with Crippen LogP contribution in [0.3, 0.4) is 0 Å². The van der Waals surface area contributed by atoms with Crippen molar-refractivity contribution in [1.82, 2.24) is 0 Å². The molecule has 0 heterocycles. The predicted octanol–water partition coefficient (Wildman–Crippen LogP) is 1.41. The van der Waals surface area contributed by atoms with Crippen LogP contribution in [0.5, 0.6) is 0 Å². The highest BCUT2D eigenvalue weighted by atomic mass is 19.1. The Morgan fingerprint density at radius 1 is 1.58 bits per heavy atom. The number of carboxylic acids is 1. The van der Waals surface area contributed by atoms with E-state index in [0.717, 1.165) is 0 Å². The van der Waals surface area contributed by atoms with E-state index < -0.39 is 11.8 Å². The number of benzene rings is 1. The maximum Gasteiger partial charge on any atom is 0.338 e. The molecule has 12 heavy (non-hydrogen) atoms. The van der Waals surface area contributed by atoms with E-state index in [9.17, 15) is 9.18 Å². The number of halogens is 1. The molecule has 64 valence electrons. The lowest BCUT2D eigenvalue weighted by molar-refractivity contribution is 0.0692. The standard InChI is InChI=1S/C8H8FNO2/c1-4-2-5(8(11)12)7(9)6(10)3-4/h2-3H,10H2,1H3,(H,11,12). The van der Waals surface area contributed by atoms with Gasteiger partial charge in [-0.1, -0.05) is 0 Å². The molecule has 0 radical (unpaired) electrons. The van der Waals surface area contributed by atoms with Gasteiger partial charge in [0.2, 0.25) is 0 Å². The quantitative estimate of drug-likeness (QED) is 0.625. The Bertz CT molecular complexity index is 336. The number of carboxylic acid groups (broad SMARTS) is 1. The first-order valence-corrected chi connectivity index (χ1v) is 3.31. The van der Waals surface area contributed by atoms with Crippen molar-refractivity contribution in [3.63, 3.8) is 0 Å². The van der Waals surface area contributed by atoms with Crippen LogP contribution >= 0.6 is 0 Å². The smallest absolute Gasteiger partial charge is 0.338 e. The normalized spacial score (nSPS) is 9.83. The fourth-order valence-corrected chi connectivity index (χ4v) is 0.952. The van der Waals surface area contributed by atoms with Crippen LogP contribution in [0.25, 0.3) is 0 Å². The van der Waals surface area contributed by atoms with Crippen LogP contribution in [0.1, 0.15) is 15.9 Å². The predicted molar refractivity (Wildman–Crippen MR) is 42.5 cm³/mol. The van der Waals surface area contributed by atoms with Gasteiger partial charge in [-0.2, -0.15) is 0 Å². The number of rotatable bonds is 1. The molecule has 4 heteroatoms. The van der Waals surface area contributed by atoms with Crippen molar-refractivity contribution in [1.29, 1.82) is 0 Å². The summed E-state index contributed by atoms with van der Waals surface area (Å²) in [6.45, 7) is 1.66. The van der Waals surface area contributed by atoms with Crippen LogP contribution in [0.2, 0.25) is 0 Å². The lowest BCUT2D eigenvalue weighted by Gasteiger charge is -2.02. The van der Waals surface area contributed by atoms with E-state index in [0.29, 0.717) is 5.56 Å². The number of aryl methyl sites for hydroxylation is 1. The molecule has 0 spiro atoms. The fourth-order valence-electron chi connectivity index (χ4n) is 0.952. The summed E-state index contributed by atoms with van der Waals surface area (Å²) in [5.74, 6) is -2.17. The molecule has 0 bridgehead atoms. The molecule has 1 aromatic rings. The van der Waals surface area contributed by atoms with Crippen molar-refractivity contribution >= 4 is 11.7 Å². The third kappa shape index (κ3) is 1.37. The Labute approximate surface area is 68.6 Å². The molecule has 3 N–H and O–H groups in total. The second-order valence-corrected chi connectivity index (χ2v) is 2.52. The molecule has 0 unspecified atom stereocenters. The third-order valence-corrected chi connectivity index (χ3v) is 1.48. The molecule has 0 aliphatic rings. The lowest BCUT2D eigenvalue weighted by Crippen LogP contribution is -2.04. The molecule has 0 saturated carbocycles. The summed E-state index contributed by atoms with van der Waals surface area (Å²) in [6, 6.07) is 2.63. The molecule has 0 amide bonds. The molecule has 3 nitrogen and oxygen atoms in total. The highest BCUT2D eigenvalue weighted by molar-refractivity contribution is 5.89. The number of carbonyl (C=O) groups is 1. The maximum atomic E-state index is 12.9. The van der Waals surface area contributed by atoms with Gasteiger partial charge >= 0.3 is 5.97 Å². The van der Waals surface area contributed by atoms with Gasteiger partial charge in [-0.05, 0) is 24.6 Å². The molecule has 0 saturated heterocycles. The minimum atomic E-state index is -1.30. The SMILES string of the molecule is Cc1cc(N)c(F)c(C(=O)O)c1. The Morgan fingerprint density at radius 2 is 2.17 bits per heavy atom. The van der Waals surface area contributed by atoms with E-state index in [-0.39, 0.29) is 11.3 Å². The topological polar surface area (TPSA) is 63.3 Å². The van der Waals surface area contributed by atoms with Gasteiger partial charge in [0.25, 0.3) is 0 Å². The number of anilines is 1. The average Bonchev–Trinajstić information content (AvgIpc) is 1.96. The number of nitrogen functional groups attached to an aromatic ring is 1. The van der Waals surface area contributed by atoms with E-state index in [1.807, 2.05) is 0 Å². The van der Waals surface area contributed by atoms with Crippen LogP contribution < -0.4 is 5.73 Å². The summed E-state index contributed by atoms with van der Waals surface area (Å²) in [5, 5.41) is 8.52. The van der Waals surface area contributed by atoms with Gasteiger partial charge in [0.1, 0.15) is 0 Å². The van der Waals surface area contributed by atoms with E-state index >= 15 is 0 Å². The van der Waals surface area contributed by atoms with Crippen LogP contribution in [-0.2, 0) is 0 Å². The monoisotopic (exact) mass is 169 g/mol. The van der Waals surface area contributed by atoms with Crippen molar-refractivity contribution in [2.75, 3.05) is 5.73 Å². The number of hydrogen-bond acceptors (Lipinski definition) is 2. The molecular weight excluding hydrogens is 161 g/mol. The molecule has 0 atom stereocenters. The molecule has 0 fully saturated rings.